The van der Waals surface area contributed by atoms with Crippen molar-refractivity contribution < 1.29 is 72.1 Å². The summed E-state index contributed by atoms with van der Waals surface area (Å²) in [5.41, 5.74) is -12.6. The van der Waals surface area contributed by atoms with Crippen LogP contribution in [0.1, 0.15) is 0 Å². The fourth-order valence-electron chi connectivity index (χ4n) is 2.19. The van der Waals surface area contributed by atoms with E-state index in [1.54, 1.807) is 0 Å². The van der Waals surface area contributed by atoms with Crippen LogP contribution in [0.2, 0.25) is 0 Å². The second kappa shape index (κ2) is 6.53. The topological polar surface area (TPSA) is 87.7 Å². The molecule has 1 rings (SSSR count). The summed E-state index contributed by atoms with van der Waals surface area (Å²) in [6, 6.07) is -4.39. The SMILES string of the molecule is O=C(O)CNC(=O)[C@@H]1NC(C(F)(F)F)(C(F)(F)F)OC1(C(F)(F)F)C(F)(F)F. The van der Waals surface area contributed by atoms with Crippen LogP contribution in [0.3, 0.4) is 0 Å². The number of carboxylic acids is 1. The highest BCUT2D eigenvalue weighted by atomic mass is 19.4. The van der Waals surface area contributed by atoms with Crippen LogP contribution in [0.4, 0.5) is 52.7 Å². The Labute approximate surface area is 144 Å². The van der Waals surface area contributed by atoms with Gasteiger partial charge in [-0.15, -0.1) is 0 Å². The normalized spacial score (nSPS) is 22.8. The number of alkyl halides is 12. The van der Waals surface area contributed by atoms with E-state index in [1.807, 2.05) is 0 Å². The highest BCUT2D eigenvalue weighted by Crippen LogP contribution is 2.59. The van der Waals surface area contributed by atoms with Crippen molar-refractivity contribution in [2.45, 2.75) is 42.1 Å². The van der Waals surface area contributed by atoms with Crippen LogP contribution in [-0.2, 0) is 14.3 Å². The minimum absolute atomic E-state index is 0.105. The minimum atomic E-state index is -7.03. The number of ether oxygens (including phenoxy) is 1. The van der Waals surface area contributed by atoms with Gasteiger partial charge in [0.1, 0.15) is 12.6 Å². The molecule has 6 nitrogen and oxygen atoms in total. The van der Waals surface area contributed by atoms with Crippen LogP contribution in [-0.4, -0.2) is 65.6 Å². The maximum Gasteiger partial charge on any atom is 0.440 e. The zero-order valence-corrected chi connectivity index (χ0v) is 12.5. The van der Waals surface area contributed by atoms with Gasteiger partial charge in [-0.3, -0.25) is 14.9 Å². The molecule has 0 radical (unpaired) electrons. The van der Waals surface area contributed by atoms with Gasteiger partial charge in [0.25, 0.3) is 5.60 Å². The first-order chi connectivity index (χ1) is 12.1. The van der Waals surface area contributed by atoms with Crippen molar-refractivity contribution in [3.05, 3.63) is 0 Å². The molecular formula is C10H6F12N2O4. The molecular weight excluding hydrogens is 440 g/mol. The van der Waals surface area contributed by atoms with Gasteiger partial charge < -0.3 is 15.2 Å². The number of halogens is 12. The molecule has 1 aliphatic rings. The van der Waals surface area contributed by atoms with E-state index in [9.17, 15) is 62.3 Å². The first kappa shape index (κ1) is 24.1. The summed E-state index contributed by atoms with van der Waals surface area (Å²) in [6.07, 6.45) is -28.0. The molecule has 1 fully saturated rings. The summed E-state index contributed by atoms with van der Waals surface area (Å²) in [4.78, 5) is 21.8. The van der Waals surface area contributed by atoms with Crippen LogP contribution >= 0.6 is 0 Å². The third-order valence-electron chi connectivity index (χ3n) is 3.38. The molecule has 0 unspecified atom stereocenters. The second-order valence-corrected chi connectivity index (χ2v) is 5.20. The Hall–Kier alpha value is -1.98. The van der Waals surface area contributed by atoms with Crippen molar-refractivity contribution in [3.63, 3.8) is 0 Å². The van der Waals surface area contributed by atoms with Gasteiger partial charge in [0.15, 0.2) is 0 Å². The molecule has 1 atom stereocenters. The van der Waals surface area contributed by atoms with Gasteiger partial charge in [0.2, 0.25) is 5.91 Å². The predicted octanol–water partition coefficient (Wildman–Crippen LogP) is 1.86. The van der Waals surface area contributed by atoms with Crippen LogP contribution in [0, 0.1) is 0 Å². The highest BCUT2D eigenvalue weighted by molar-refractivity contribution is 5.87. The smallest absolute Gasteiger partial charge is 0.440 e. The molecule has 1 saturated heterocycles. The van der Waals surface area contributed by atoms with Gasteiger partial charge in [-0.25, -0.2) is 0 Å². The lowest BCUT2D eigenvalue weighted by Crippen LogP contribution is -2.68. The third-order valence-corrected chi connectivity index (χ3v) is 3.38. The summed E-state index contributed by atoms with van der Waals surface area (Å²) in [6.45, 7) is -1.71. The zero-order valence-electron chi connectivity index (χ0n) is 12.5. The number of hydrogen-bond donors (Lipinski definition) is 3. The second-order valence-electron chi connectivity index (χ2n) is 5.20. The Kier molecular flexibility index (Phi) is 5.61. The first-order valence-corrected chi connectivity index (χ1v) is 6.38. The Morgan fingerprint density at radius 1 is 0.857 bits per heavy atom. The quantitative estimate of drug-likeness (QED) is 0.577. The molecule has 0 bridgehead atoms. The molecule has 1 amide bonds. The number of amides is 1. The van der Waals surface area contributed by atoms with Crippen molar-refractivity contribution in [2.24, 2.45) is 0 Å². The van der Waals surface area contributed by atoms with Crippen molar-refractivity contribution in [3.8, 4) is 0 Å². The van der Waals surface area contributed by atoms with Gasteiger partial charge in [0, 0.05) is 0 Å². The molecule has 0 saturated carbocycles. The molecule has 28 heavy (non-hydrogen) atoms. The number of aliphatic carboxylic acids is 1. The van der Waals surface area contributed by atoms with Crippen molar-refractivity contribution in [1.82, 2.24) is 10.6 Å². The van der Waals surface area contributed by atoms with Gasteiger partial charge >= 0.3 is 36.4 Å². The minimum Gasteiger partial charge on any atom is -0.480 e. The number of carbonyl (C=O) groups is 2. The Morgan fingerprint density at radius 3 is 1.54 bits per heavy atom. The number of hydrogen-bond acceptors (Lipinski definition) is 4. The van der Waals surface area contributed by atoms with E-state index in [0.717, 1.165) is 5.32 Å². The van der Waals surface area contributed by atoms with Crippen LogP contribution in [0.15, 0.2) is 0 Å². The van der Waals surface area contributed by atoms with Crippen molar-refractivity contribution >= 4 is 11.9 Å². The largest absolute Gasteiger partial charge is 0.480 e. The van der Waals surface area contributed by atoms with E-state index in [2.05, 4.69) is 4.74 Å². The van der Waals surface area contributed by atoms with Gasteiger partial charge in [0.05, 0.1) is 0 Å². The van der Waals surface area contributed by atoms with Crippen molar-refractivity contribution in [1.29, 1.82) is 0 Å². The standard InChI is InChI=1S/C10H6F12N2O4/c11-7(12,13)5(8(14,15)16)3(4(27)23-1-2(25)26)24-6(28-5,9(17,18)19)10(20,21)22/h3,24H,1H2,(H,23,27)(H,25,26)/t3-/m0/s1. The van der Waals surface area contributed by atoms with Crippen LogP contribution in [0.5, 0.6) is 0 Å². The monoisotopic (exact) mass is 446 g/mol. The summed E-state index contributed by atoms with van der Waals surface area (Å²) in [7, 11) is 0. The number of carbonyl (C=O) groups excluding carboxylic acids is 1. The molecule has 3 N–H and O–H groups in total. The summed E-state index contributed by atoms with van der Waals surface area (Å²) in [5, 5.41) is 8.99. The Bertz CT molecular complexity index is 606. The molecule has 1 aliphatic heterocycles. The maximum absolute atomic E-state index is 13.1. The summed E-state index contributed by atoms with van der Waals surface area (Å²) < 4.78 is 159. The van der Waals surface area contributed by atoms with Gasteiger partial charge in [-0.1, -0.05) is 0 Å². The zero-order chi connectivity index (χ0) is 22.6. The van der Waals surface area contributed by atoms with Gasteiger partial charge in [-0.2, -0.15) is 52.7 Å². The maximum atomic E-state index is 13.1. The molecule has 0 spiro atoms. The fourth-order valence-corrected chi connectivity index (χ4v) is 2.19. The number of carboxylic acid groups (broad SMARTS) is 1. The molecule has 0 aromatic heterocycles. The van der Waals surface area contributed by atoms with Gasteiger partial charge in [-0.05, 0) is 0 Å². The van der Waals surface area contributed by atoms with E-state index >= 15 is 0 Å². The Balaban J connectivity index is 3.77. The Morgan fingerprint density at radius 2 is 1.25 bits per heavy atom. The molecule has 0 aliphatic carbocycles. The average Bonchev–Trinajstić information content (AvgIpc) is 2.82. The lowest BCUT2D eigenvalue weighted by atomic mass is 9.92. The van der Waals surface area contributed by atoms with E-state index in [1.165, 1.54) is 0 Å². The summed E-state index contributed by atoms with van der Waals surface area (Å²) in [5.74, 6) is -4.86. The number of rotatable bonds is 3. The average molecular weight is 446 g/mol. The van der Waals surface area contributed by atoms with Crippen LogP contribution in [0.25, 0.3) is 0 Å². The van der Waals surface area contributed by atoms with Crippen molar-refractivity contribution in [2.75, 3.05) is 6.54 Å². The first-order valence-electron chi connectivity index (χ1n) is 6.38. The molecule has 0 aromatic rings. The highest BCUT2D eigenvalue weighted by Gasteiger charge is 2.90. The number of nitrogens with one attached hydrogen (secondary N) is 2. The third kappa shape index (κ3) is 3.53. The molecule has 18 heteroatoms. The van der Waals surface area contributed by atoms with E-state index < -0.39 is 60.5 Å². The molecule has 164 valence electrons. The molecule has 1 heterocycles. The fraction of sp³-hybridized carbons (Fsp3) is 0.800. The van der Waals surface area contributed by atoms with E-state index in [0.29, 0.717) is 0 Å². The lowest BCUT2D eigenvalue weighted by Gasteiger charge is -2.38. The van der Waals surface area contributed by atoms with E-state index in [-0.39, 0.29) is 5.32 Å². The summed E-state index contributed by atoms with van der Waals surface area (Å²) >= 11 is 0. The van der Waals surface area contributed by atoms with E-state index in [4.69, 9.17) is 5.11 Å². The molecule has 0 aromatic carbocycles. The lowest BCUT2D eigenvalue weighted by molar-refractivity contribution is -0.444. The van der Waals surface area contributed by atoms with Crippen LogP contribution < -0.4 is 10.6 Å². The predicted molar refractivity (Wildman–Crippen MR) is 58.3 cm³/mol.